The van der Waals surface area contributed by atoms with Crippen LogP contribution in [-0.2, 0) is 67.0 Å². The molecule has 8 aromatic rings. The van der Waals surface area contributed by atoms with Crippen LogP contribution in [0.3, 0.4) is 0 Å². The molecule has 0 unspecified atom stereocenters. The number of ether oxygens (including phenoxy) is 4. The molecule has 306 valence electrons. The van der Waals surface area contributed by atoms with Crippen molar-refractivity contribution in [3.05, 3.63) is 241 Å². The summed E-state index contributed by atoms with van der Waals surface area (Å²) >= 11 is 22.5. The van der Waals surface area contributed by atoms with Crippen molar-refractivity contribution in [1.82, 2.24) is 0 Å². The molecule has 4 nitrogen and oxygen atoms in total. The van der Waals surface area contributed by atoms with Crippen molar-refractivity contribution in [2.24, 2.45) is 0 Å². The fourth-order valence-corrected chi connectivity index (χ4v) is 6.74. The number of benzene rings is 8. The third-order valence-electron chi connectivity index (χ3n) is 8.79. The van der Waals surface area contributed by atoms with Crippen LogP contribution in [0.2, 0.25) is 0 Å². The zero-order chi connectivity index (χ0) is 41.5. The quantitative estimate of drug-likeness (QED) is 0.0682. The third kappa shape index (κ3) is 12.9. The van der Waals surface area contributed by atoms with Crippen LogP contribution in [0.5, 0.6) is 46.0 Å². The van der Waals surface area contributed by atoms with Crippen molar-refractivity contribution in [3.63, 3.8) is 0 Å². The first kappa shape index (κ1) is 44.4. The average molecular weight is 912 g/mol. The molecule has 61 heavy (non-hydrogen) atoms. The van der Waals surface area contributed by atoms with Gasteiger partial charge in [-0.25, -0.2) is 0 Å². The van der Waals surface area contributed by atoms with Gasteiger partial charge in [0.25, 0.3) is 0 Å². The van der Waals surface area contributed by atoms with Crippen molar-refractivity contribution >= 4 is 70.1 Å². The molecule has 0 aliphatic rings. The molecule has 8 rings (SSSR count). The summed E-state index contributed by atoms with van der Waals surface area (Å²) in [4.78, 5) is 2.53. The van der Waals surface area contributed by atoms with Crippen molar-refractivity contribution < 1.29 is 35.4 Å². The Morgan fingerprint density at radius 2 is 0.361 bits per heavy atom. The molecule has 0 aliphatic heterocycles. The summed E-state index contributed by atoms with van der Waals surface area (Å²) in [5.74, 6) is 6.17. The molecule has 9 heteroatoms. The van der Waals surface area contributed by atoms with E-state index < -0.39 is 0 Å². The van der Waals surface area contributed by atoms with E-state index in [9.17, 15) is 0 Å². The first-order valence-corrected chi connectivity index (χ1v) is 20.5. The fraction of sp³-hybridized carbons (Fsp3) is 0. The van der Waals surface area contributed by atoms with Crippen molar-refractivity contribution in [2.75, 3.05) is 0 Å². The molecule has 0 aromatic heterocycles. The van der Waals surface area contributed by atoms with Crippen molar-refractivity contribution in [2.45, 2.75) is 0 Å². The predicted molar refractivity (Wildman–Crippen MR) is 255 cm³/mol. The van der Waals surface area contributed by atoms with Crippen molar-refractivity contribution in [1.29, 1.82) is 0 Å². The molecule has 0 aliphatic carbocycles. The second-order valence-corrected chi connectivity index (χ2v) is 14.7. The molecule has 0 saturated carbocycles. The summed E-state index contributed by atoms with van der Waals surface area (Å²) in [7, 11) is 0. The molecule has 0 radical (unpaired) electrons. The standard InChI is InChI=1S/2C26H20O2S2.Ni/c2*29-25(19-11-15-23(16-12-19)27-21-7-3-1-4-8-21)26(30)20-13-17-24(18-14-20)28-22-9-5-2-6-10-22;/h2*1-18,29-30H;/p-4/b2*26-25-;. The zero-order valence-electron chi connectivity index (χ0n) is 32.4. The van der Waals surface area contributed by atoms with E-state index in [1.807, 2.05) is 218 Å². The van der Waals surface area contributed by atoms with Gasteiger partial charge in [-0.3, -0.25) is 0 Å². The van der Waals surface area contributed by atoms with Crippen LogP contribution in [0.15, 0.2) is 218 Å². The minimum Gasteiger partial charge on any atom is -0.781 e. The van der Waals surface area contributed by atoms with Crippen LogP contribution in [-0.4, -0.2) is 0 Å². The number of hydrogen-bond donors (Lipinski definition) is 0. The summed E-state index contributed by atoms with van der Waals surface area (Å²) in [5, 5.41) is 0. The van der Waals surface area contributed by atoms with Gasteiger partial charge in [-0.05, 0) is 119 Å². The van der Waals surface area contributed by atoms with Crippen LogP contribution in [0.1, 0.15) is 22.3 Å². The van der Waals surface area contributed by atoms with Gasteiger partial charge in [-0.2, -0.15) is 19.6 Å². The van der Waals surface area contributed by atoms with E-state index in [4.69, 9.17) is 69.5 Å². The van der Waals surface area contributed by atoms with E-state index >= 15 is 0 Å². The number of rotatable bonds is 12. The topological polar surface area (TPSA) is 36.9 Å². The van der Waals surface area contributed by atoms with Crippen LogP contribution in [0, 0.1) is 0 Å². The summed E-state index contributed by atoms with van der Waals surface area (Å²) in [6.07, 6.45) is 0. The largest absolute Gasteiger partial charge is 0.781 e. The molecule has 0 bridgehead atoms. The molecule has 0 amide bonds. The summed E-state index contributed by atoms with van der Waals surface area (Å²) < 4.78 is 23.3. The third-order valence-corrected chi connectivity index (χ3v) is 10.8. The van der Waals surface area contributed by atoms with E-state index in [1.165, 1.54) is 0 Å². The van der Waals surface area contributed by atoms with Gasteiger partial charge in [0.15, 0.2) is 0 Å². The monoisotopic (exact) mass is 910 g/mol. The number of para-hydroxylation sites is 4. The van der Waals surface area contributed by atoms with E-state index in [-0.39, 0.29) is 16.5 Å². The average Bonchev–Trinajstić information content (AvgIpc) is 3.31. The van der Waals surface area contributed by atoms with Crippen LogP contribution < -0.4 is 18.9 Å². The Morgan fingerprint density at radius 3 is 0.525 bits per heavy atom. The van der Waals surface area contributed by atoms with Gasteiger partial charge in [0, 0.05) is 16.5 Å². The van der Waals surface area contributed by atoms with E-state index in [1.54, 1.807) is 0 Å². The van der Waals surface area contributed by atoms with Crippen LogP contribution >= 0.6 is 0 Å². The molecule has 0 N–H and O–H groups in total. The Bertz CT molecular complexity index is 2250. The van der Waals surface area contributed by atoms with Crippen LogP contribution in [0.4, 0.5) is 0 Å². The van der Waals surface area contributed by atoms with Gasteiger partial charge in [-0.15, -0.1) is 0 Å². The minimum absolute atomic E-state index is 0. The second-order valence-electron chi connectivity index (χ2n) is 13.1. The van der Waals surface area contributed by atoms with E-state index in [2.05, 4.69) is 0 Å². The molecule has 0 spiro atoms. The maximum absolute atomic E-state index is 5.83. The molecule has 0 fully saturated rings. The molecule has 0 saturated heterocycles. The van der Waals surface area contributed by atoms with Gasteiger partial charge < -0.3 is 69.5 Å². The molecule has 0 atom stereocenters. The Kier molecular flexibility index (Phi) is 16.3. The molecular formula is C52H36NiO4S4-4. The van der Waals surface area contributed by atoms with Crippen LogP contribution in [0.25, 0.3) is 19.6 Å². The first-order chi connectivity index (χ1) is 29.4. The maximum atomic E-state index is 5.83. The Morgan fingerprint density at radius 1 is 0.213 bits per heavy atom. The fourth-order valence-electron chi connectivity index (χ4n) is 5.72. The van der Waals surface area contributed by atoms with Gasteiger partial charge in [-0.1, -0.05) is 121 Å². The van der Waals surface area contributed by atoms with Crippen molar-refractivity contribution in [3.8, 4) is 46.0 Å². The zero-order valence-corrected chi connectivity index (χ0v) is 36.6. The van der Waals surface area contributed by atoms with Gasteiger partial charge in [0.1, 0.15) is 46.0 Å². The molecule has 8 aromatic carbocycles. The van der Waals surface area contributed by atoms with Gasteiger partial charge >= 0.3 is 0 Å². The van der Waals surface area contributed by atoms with Gasteiger partial charge in [0.2, 0.25) is 0 Å². The SMILES string of the molecule is [Ni].[S-]/C(=C(\[S-])c1ccc(Oc2ccccc2)cc1)c1ccc(Oc2ccccc2)cc1.[S-]/C(=C(\[S-])c1ccc(Oc2ccccc2)cc1)c1ccc(Oc2ccccc2)cc1. The normalized spacial score (nSPS) is 11.3. The Balaban J connectivity index is 0.000000201. The van der Waals surface area contributed by atoms with E-state index in [0.717, 1.165) is 68.2 Å². The smallest absolute Gasteiger partial charge is 0.127 e. The van der Waals surface area contributed by atoms with Gasteiger partial charge in [0.05, 0.1) is 0 Å². The summed E-state index contributed by atoms with van der Waals surface area (Å²) in [5.41, 5.74) is 3.56. The summed E-state index contributed by atoms with van der Waals surface area (Å²) in [6, 6.07) is 69.3. The molecular weight excluding hydrogens is 876 g/mol. The predicted octanol–water partition coefficient (Wildman–Crippen LogP) is 14.4. The first-order valence-electron chi connectivity index (χ1n) is 18.9. The van der Waals surface area contributed by atoms with E-state index in [0.29, 0.717) is 19.6 Å². The summed E-state index contributed by atoms with van der Waals surface area (Å²) in [6.45, 7) is 0. The minimum atomic E-state index is 0. The Hall–Kier alpha value is -6.19. The number of hydrogen-bond acceptors (Lipinski definition) is 8. The molecule has 0 heterocycles. The second kappa shape index (κ2) is 22.4. The Labute approximate surface area is 389 Å². The maximum Gasteiger partial charge on any atom is 0.127 e.